The number of hydrogen-bond donors (Lipinski definition) is 3. The maximum Gasteiger partial charge on any atom is 1.00 e. The van der Waals surface area contributed by atoms with Gasteiger partial charge in [-0.15, -0.1) is 0 Å². The summed E-state index contributed by atoms with van der Waals surface area (Å²) in [5.41, 5.74) is 0. The minimum atomic E-state index is -2.50. The standard InChI is InChI=1S/C18H34O5.Na/c19-17(20)15-13-11-9-7-5-3-1-2-4-6-8-10-12-14-16-18(21,22)23;/h13,15,21-23H,1-12,14,16H2,(H,19,20);/q;+1/p-1. The van der Waals surface area contributed by atoms with E-state index in [4.69, 9.17) is 15.3 Å². The second-order valence-corrected chi connectivity index (χ2v) is 6.28. The first-order chi connectivity index (χ1) is 10.9. The average molecular weight is 352 g/mol. The third-order valence-electron chi connectivity index (χ3n) is 3.89. The van der Waals surface area contributed by atoms with Crippen molar-refractivity contribution >= 4 is 5.97 Å². The van der Waals surface area contributed by atoms with Gasteiger partial charge < -0.3 is 25.2 Å². The summed E-state index contributed by atoms with van der Waals surface area (Å²) >= 11 is 0. The van der Waals surface area contributed by atoms with Gasteiger partial charge in [0.05, 0.1) is 5.97 Å². The number of aliphatic carboxylic acids is 1. The molecule has 0 atom stereocenters. The van der Waals surface area contributed by atoms with E-state index in [1.165, 1.54) is 44.9 Å². The molecule has 0 aromatic heterocycles. The molecule has 0 fully saturated rings. The number of carboxylic acid groups (broad SMARTS) is 1. The number of rotatable bonds is 16. The molecule has 0 aliphatic carbocycles. The molecule has 0 amide bonds. The van der Waals surface area contributed by atoms with Crippen molar-refractivity contribution in [3.8, 4) is 0 Å². The van der Waals surface area contributed by atoms with Gasteiger partial charge in [0.25, 0.3) is 5.97 Å². The second-order valence-electron chi connectivity index (χ2n) is 6.28. The molecule has 0 aromatic rings. The molecule has 0 unspecified atom stereocenters. The van der Waals surface area contributed by atoms with Crippen LogP contribution >= 0.6 is 0 Å². The Hall–Kier alpha value is 0.0900. The van der Waals surface area contributed by atoms with E-state index in [0.717, 1.165) is 38.2 Å². The van der Waals surface area contributed by atoms with E-state index in [1.54, 1.807) is 6.08 Å². The molecule has 0 bridgehead atoms. The van der Waals surface area contributed by atoms with Crippen LogP contribution in [0.2, 0.25) is 0 Å². The topological polar surface area (TPSA) is 101 Å². The molecule has 0 rings (SSSR count). The fourth-order valence-corrected chi connectivity index (χ4v) is 2.57. The minimum absolute atomic E-state index is 0. The van der Waals surface area contributed by atoms with Crippen LogP contribution < -0.4 is 34.7 Å². The van der Waals surface area contributed by atoms with Gasteiger partial charge in [-0.2, -0.15) is 0 Å². The molecule has 0 saturated heterocycles. The molecule has 136 valence electrons. The minimum Gasteiger partial charge on any atom is -0.545 e. The summed E-state index contributed by atoms with van der Waals surface area (Å²) in [5.74, 6) is -3.61. The van der Waals surface area contributed by atoms with Gasteiger partial charge in [0, 0.05) is 6.42 Å². The van der Waals surface area contributed by atoms with Crippen LogP contribution in [0.3, 0.4) is 0 Å². The molecule has 5 nitrogen and oxygen atoms in total. The van der Waals surface area contributed by atoms with E-state index in [0.29, 0.717) is 6.42 Å². The number of carbonyl (C=O) groups is 1. The van der Waals surface area contributed by atoms with Crippen LogP contribution in [0.1, 0.15) is 89.9 Å². The molecule has 0 radical (unpaired) electrons. The smallest absolute Gasteiger partial charge is 0.545 e. The van der Waals surface area contributed by atoms with Crippen LogP contribution in [0.5, 0.6) is 0 Å². The van der Waals surface area contributed by atoms with Crippen LogP contribution in [0.4, 0.5) is 0 Å². The Morgan fingerprint density at radius 2 is 1.12 bits per heavy atom. The SMILES string of the molecule is O=C([O-])C=CCCCCCCCCCCCCCCC(O)(O)O.[Na+]. The molecule has 24 heavy (non-hydrogen) atoms. The number of unbranched alkanes of at least 4 members (excludes halogenated alkanes) is 12. The van der Waals surface area contributed by atoms with Crippen molar-refractivity contribution in [2.75, 3.05) is 0 Å². The van der Waals surface area contributed by atoms with E-state index < -0.39 is 11.9 Å². The van der Waals surface area contributed by atoms with Crippen LogP contribution in [-0.2, 0) is 4.79 Å². The van der Waals surface area contributed by atoms with Crippen molar-refractivity contribution in [3.05, 3.63) is 12.2 Å². The molecular formula is C18H33NaO5. The van der Waals surface area contributed by atoms with E-state index in [9.17, 15) is 9.90 Å². The normalized spacial score (nSPS) is 11.6. The van der Waals surface area contributed by atoms with E-state index in [2.05, 4.69) is 0 Å². The Morgan fingerprint density at radius 3 is 1.50 bits per heavy atom. The van der Waals surface area contributed by atoms with Gasteiger partial charge in [-0.3, -0.25) is 0 Å². The molecular weight excluding hydrogens is 319 g/mol. The first kappa shape index (κ1) is 26.3. The number of allylic oxidation sites excluding steroid dienone is 1. The molecule has 0 aromatic carbocycles. The van der Waals surface area contributed by atoms with Crippen molar-refractivity contribution in [2.45, 2.75) is 95.9 Å². The van der Waals surface area contributed by atoms with Gasteiger partial charge in [0.1, 0.15) is 0 Å². The zero-order chi connectivity index (χ0) is 17.4. The van der Waals surface area contributed by atoms with Crippen molar-refractivity contribution in [1.82, 2.24) is 0 Å². The number of carbonyl (C=O) groups excluding carboxylic acids is 1. The summed E-state index contributed by atoms with van der Waals surface area (Å²) in [6.45, 7) is 0. The molecule has 0 aliphatic heterocycles. The number of carboxylic acids is 1. The zero-order valence-corrected chi connectivity index (χ0v) is 17.2. The van der Waals surface area contributed by atoms with Crippen LogP contribution in [0, 0.1) is 0 Å². The second kappa shape index (κ2) is 17.9. The Morgan fingerprint density at radius 1 is 0.750 bits per heavy atom. The quantitative estimate of drug-likeness (QED) is 0.149. The molecule has 6 heteroatoms. The third kappa shape index (κ3) is 24.3. The molecule has 0 aliphatic rings. The maximum atomic E-state index is 10.1. The van der Waals surface area contributed by atoms with Crippen molar-refractivity contribution < 1.29 is 54.8 Å². The third-order valence-corrected chi connectivity index (χ3v) is 3.89. The summed E-state index contributed by atoms with van der Waals surface area (Å²) in [6, 6.07) is 0. The van der Waals surface area contributed by atoms with Gasteiger partial charge >= 0.3 is 29.6 Å². The summed E-state index contributed by atoms with van der Waals surface area (Å²) in [6.07, 6.45) is 17.1. The van der Waals surface area contributed by atoms with Crippen molar-refractivity contribution in [1.29, 1.82) is 0 Å². The van der Waals surface area contributed by atoms with E-state index >= 15 is 0 Å². The van der Waals surface area contributed by atoms with Crippen LogP contribution in [0.15, 0.2) is 12.2 Å². The largest absolute Gasteiger partial charge is 1.00 e. The monoisotopic (exact) mass is 352 g/mol. The van der Waals surface area contributed by atoms with Gasteiger partial charge in [-0.05, 0) is 25.3 Å². The van der Waals surface area contributed by atoms with Crippen LogP contribution in [-0.4, -0.2) is 27.3 Å². The van der Waals surface area contributed by atoms with Gasteiger partial charge in [0.15, 0.2) is 0 Å². The summed E-state index contributed by atoms with van der Waals surface area (Å²) in [7, 11) is 0. The molecule has 0 heterocycles. The fourth-order valence-electron chi connectivity index (χ4n) is 2.57. The van der Waals surface area contributed by atoms with Crippen molar-refractivity contribution in [3.63, 3.8) is 0 Å². The Balaban J connectivity index is 0. The average Bonchev–Trinajstić information content (AvgIpc) is 2.45. The summed E-state index contributed by atoms with van der Waals surface area (Å²) < 4.78 is 0. The fraction of sp³-hybridized carbons (Fsp3) is 0.833. The number of aliphatic hydroxyl groups is 3. The predicted molar refractivity (Wildman–Crippen MR) is 88.2 cm³/mol. The predicted octanol–water partition coefficient (Wildman–Crippen LogP) is -0.611. The molecule has 0 spiro atoms. The first-order valence-corrected chi connectivity index (χ1v) is 8.96. The van der Waals surface area contributed by atoms with Gasteiger partial charge in [-0.25, -0.2) is 0 Å². The molecule has 3 N–H and O–H groups in total. The van der Waals surface area contributed by atoms with E-state index in [1.807, 2.05) is 0 Å². The van der Waals surface area contributed by atoms with Gasteiger partial charge in [0.2, 0.25) is 0 Å². The van der Waals surface area contributed by atoms with Crippen LogP contribution in [0.25, 0.3) is 0 Å². The maximum absolute atomic E-state index is 10.1. The molecule has 0 saturated carbocycles. The Kier molecular flexibility index (Phi) is 19.6. The Bertz CT molecular complexity index is 313. The van der Waals surface area contributed by atoms with E-state index in [-0.39, 0.29) is 36.0 Å². The zero-order valence-electron chi connectivity index (χ0n) is 15.2. The number of hydrogen-bond acceptors (Lipinski definition) is 5. The van der Waals surface area contributed by atoms with Gasteiger partial charge in [-0.1, -0.05) is 70.3 Å². The van der Waals surface area contributed by atoms with Crippen molar-refractivity contribution in [2.24, 2.45) is 0 Å². The summed E-state index contributed by atoms with van der Waals surface area (Å²) in [4.78, 5) is 10.1. The Labute approximate surface area is 168 Å². The first-order valence-electron chi connectivity index (χ1n) is 8.96. The summed E-state index contributed by atoms with van der Waals surface area (Å²) in [5, 5.41) is 36.3.